The van der Waals surface area contributed by atoms with Gasteiger partial charge in [0.1, 0.15) is 6.04 Å². The predicted octanol–water partition coefficient (Wildman–Crippen LogP) is 4.92. The van der Waals surface area contributed by atoms with Gasteiger partial charge in [0.25, 0.3) is 0 Å². The summed E-state index contributed by atoms with van der Waals surface area (Å²) in [7, 11) is -3.52. The molecule has 36 heavy (non-hydrogen) atoms. The highest BCUT2D eigenvalue weighted by Crippen LogP contribution is 2.20. The molecule has 0 saturated heterocycles. The molecule has 0 fully saturated rings. The maximum absolute atomic E-state index is 13.4. The SMILES string of the molecule is CC[C@H](C(=O)N[C@@H](C)CC)N(Cc1ccc(Cl)cc1)C(=O)CCCN(c1ccc(C)cc1)S(C)(=O)=O. The number of halogens is 1. The van der Waals surface area contributed by atoms with Crippen LogP contribution >= 0.6 is 11.6 Å². The molecule has 198 valence electrons. The lowest BCUT2D eigenvalue weighted by Crippen LogP contribution is -2.50. The minimum absolute atomic E-state index is 0.00291. The molecule has 2 rings (SSSR count). The quantitative estimate of drug-likeness (QED) is 0.394. The summed E-state index contributed by atoms with van der Waals surface area (Å²) in [5.41, 5.74) is 2.45. The third-order valence-corrected chi connectivity index (χ3v) is 7.57. The summed E-state index contributed by atoms with van der Waals surface area (Å²) in [4.78, 5) is 28.1. The molecule has 0 aliphatic carbocycles. The molecule has 0 unspecified atom stereocenters. The Morgan fingerprint density at radius 2 is 1.61 bits per heavy atom. The van der Waals surface area contributed by atoms with E-state index in [-0.39, 0.29) is 37.4 Å². The van der Waals surface area contributed by atoms with Crippen molar-refractivity contribution < 1.29 is 18.0 Å². The van der Waals surface area contributed by atoms with Crippen molar-refractivity contribution in [2.24, 2.45) is 0 Å². The van der Waals surface area contributed by atoms with Gasteiger partial charge in [-0.05, 0) is 62.9 Å². The summed E-state index contributed by atoms with van der Waals surface area (Å²) in [6, 6.07) is 13.8. The monoisotopic (exact) mass is 535 g/mol. The molecule has 7 nitrogen and oxygen atoms in total. The summed E-state index contributed by atoms with van der Waals surface area (Å²) in [5.74, 6) is -0.389. The van der Waals surface area contributed by atoms with E-state index in [1.54, 1.807) is 29.2 Å². The number of nitrogens with one attached hydrogen (secondary N) is 1. The smallest absolute Gasteiger partial charge is 0.243 e. The number of rotatable bonds is 13. The van der Waals surface area contributed by atoms with E-state index in [9.17, 15) is 18.0 Å². The van der Waals surface area contributed by atoms with Crippen molar-refractivity contribution in [2.75, 3.05) is 17.1 Å². The number of carbonyl (C=O) groups excluding carboxylic acids is 2. The molecule has 1 N–H and O–H groups in total. The molecule has 2 aromatic rings. The molecular formula is C27H38ClN3O4S. The van der Waals surface area contributed by atoms with Crippen LogP contribution in [-0.2, 0) is 26.2 Å². The van der Waals surface area contributed by atoms with Crippen molar-refractivity contribution in [1.82, 2.24) is 10.2 Å². The molecule has 0 saturated carbocycles. The van der Waals surface area contributed by atoms with Crippen molar-refractivity contribution in [3.8, 4) is 0 Å². The Morgan fingerprint density at radius 3 is 2.14 bits per heavy atom. The number of anilines is 1. The number of hydrogen-bond acceptors (Lipinski definition) is 4. The second kappa shape index (κ2) is 13.7. The lowest BCUT2D eigenvalue weighted by atomic mass is 10.1. The molecule has 0 radical (unpaired) electrons. The first kappa shape index (κ1) is 29.6. The number of amides is 2. The van der Waals surface area contributed by atoms with Gasteiger partial charge in [0, 0.05) is 30.6 Å². The Morgan fingerprint density at radius 1 is 1.00 bits per heavy atom. The number of nitrogens with zero attached hydrogens (tertiary/aromatic N) is 2. The van der Waals surface area contributed by atoms with Crippen molar-refractivity contribution in [2.45, 2.75) is 72.0 Å². The Bertz CT molecular complexity index is 1100. The summed E-state index contributed by atoms with van der Waals surface area (Å²) >= 11 is 6.02. The largest absolute Gasteiger partial charge is 0.352 e. The van der Waals surface area contributed by atoms with Gasteiger partial charge < -0.3 is 10.2 Å². The molecule has 2 aromatic carbocycles. The zero-order chi connectivity index (χ0) is 26.9. The van der Waals surface area contributed by atoms with Gasteiger partial charge in [-0.25, -0.2) is 8.42 Å². The van der Waals surface area contributed by atoms with Crippen LogP contribution in [0.5, 0.6) is 0 Å². The van der Waals surface area contributed by atoms with Crippen molar-refractivity contribution >= 4 is 39.1 Å². The normalized spacial score (nSPS) is 13.1. The van der Waals surface area contributed by atoms with Gasteiger partial charge in [0.2, 0.25) is 21.8 Å². The second-order valence-corrected chi connectivity index (χ2v) is 11.5. The highest BCUT2D eigenvalue weighted by Gasteiger charge is 2.29. The van der Waals surface area contributed by atoms with E-state index >= 15 is 0 Å². The number of aryl methyl sites for hydroxylation is 1. The second-order valence-electron chi connectivity index (χ2n) is 9.16. The zero-order valence-corrected chi connectivity index (χ0v) is 23.4. The fourth-order valence-electron chi connectivity index (χ4n) is 3.86. The van der Waals surface area contributed by atoms with E-state index in [0.717, 1.165) is 23.8 Å². The van der Waals surface area contributed by atoms with E-state index in [1.165, 1.54) is 4.31 Å². The van der Waals surface area contributed by atoms with Gasteiger partial charge in [-0.15, -0.1) is 0 Å². The molecule has 0 bridgehead atoms. The van der Waals surface area contributed by atoms with E-state index in [4.69, 9.17) is 11.6 Å². The molecule has 0 aliphatic heterocycles. The topological polar surface area (TPSA) is 86.8 Å². The number of sulfonamides is 1. The Balaban J connectivity index is 2.21. The Hall–Kier alpha value is -2.58. The van der Waals surface area contributed by atoms with Gasteiger partial charge in [-0.3, -0.25) is 13.9 Å². The van der Waals surface area contributed by atoms with E-state index < -0.39 is 16.1 Å². The maximum Gasteiger partial charge on any atom is 0.243 e. The van der Waals surface area contributed by atoms with Crippen LogP contribution in [0.1, 0.15) is 57.6 Å². The average Bonchev–Trinajstić information content (AvgIpc) is 2.82. The number of carbonyl (C=O) groups is 2. The summed E-state index contributed by atoms with van der Waals surface area (Å²) < 4.78 is 26.2. The van der Waals surface area contributed by atoms with Crippen LogP contribution in [0.25, 0.3) is 0 Å². The molecule has 0 spiro atoms. The summed E-state index contributed by atoms with van der Waals surface area (Å²) in [5, 5.41) is 3.58. The van der Waals surface area contributed by atoms with Crippen molar-refractivity contribution in [1.29, 1.82) is 0 Å². The number of hydrogen-bond donors (Lipinski definition) is 1. The maximum atomic E-state index is 13.4. The average molecular weight is 536 g/mol. The van der Waals surface area contributed by atoms with Crippen LogP contribution in [0.3, 0.4) is 0 Å². The summed E-state index contributed by atoms with van der Waals surface area (Å²) in [6.07, 6.45) is 2.83. The summed E-state index contributed by atoms with van der Waals surface area (Å²) in [6.45, 7) is 8.16. The van der Waals surface area contributed by atoms with Crippen LogP contribution in [0.4, 0.5) is 5.69 Å². The van der Waals surface area contributed by atoms with Crippen molar-refractivity contribution in [3.05, 3.63) is 64.7 Å². The molecule has 0 aromatic heterocycles. The molecule has 0 heterocycles. The predicted molar refractivity (Wildman–Crippen MR) is 147 cm³/mol. The third kappa shape index (κ3) is 8.82. The lowest BCUT2D eigenvalue weighted by Gasteiger charge is -2.32. The molecule has 0 aliphatic rings. The molecule has 2 atom stereocenters. The fraction of sp³-hybridized carbons (Fsp3) is 0.481. The van der Waals surface area contributed by atoms with Gasteiger partial charge in [-0.1, -0.05) is 55.3 Å². The standard InChI is InChI=1S/C27H38ClN3O4S/c1-6-21(4)29-27(33)25(7-2)30(19-22-12-14-23(28)15-13-22)26(32)9-8-18-31(36(5,34)35)24-16-10-20(3)11-17-24/h10-17,21,25H,6-9,18-19H2,1-5H3,(H,29,33)/t21-,25+/m0/s1. The Kier molecular flexibility index (Phi) is 11.2. The minimum atomic E-state index is -3.52. The van der Waals surface area contributed by atoms with E-state index in [0.29, 0.717) is 23.6 Å². The highest BCUT2D eigenvalue weighted by atomic mass is 35.5. The molecular weight excluding hydrogens is 498 g/mol. The van der Waals surface area contributed by atoms with Gasteiger partial charge >= 0.3 is 0 Å². The van der Waals surface area contributed by atoms with Gasteiger partial charge in [0.05, 0.1) is 11.9 Å². The first-order valence-electron chi connectivity index (χ1n) is 12.3. The highest BCUT2D eigenvalue weighted by molar-refractivity contribution is 7.92. The first-order valence-corrected chi connectivity index (χ1v) is 14.6. The van der Waals surface area contributed by atoms with Crippen LogP contribution in [0, 0.1) is 6.92 Å². The van der Waals surface area contributed by atoms with Crippen LogP contribution < -0.4 is 9.62 Å². The molecule has 2 amide bonds. The fourth-order valence-corrected chi connectivity index (χ4v) is 4.95. The van der Waals surface area contributed by atoms with E-state index in [1.807, 2.05) is 52.0 Å². The van der Waals surface area contributed by atoms with E-state index in [2.05, 4.69) is 5.32 Å². The third-order valence-electron chi connectivity index (χ3n) is 6.13. The molecule has 9 heteroatoms. The lowest BCUT2D eigenvalue weighted by molar-refractivity contribution is -0.141. The Labute approximate surface area is 220 Å². The van der Waals surface area contributed by atoms with Crippen LogP contribution in [0.15, 0.2) is 48.5 Å². The zero-order valence-electron chi connectivity index (χ0n) is 21.8. The van der Waals surface area contributed by atoms with Crippen molar-refractivity contribution in [3.63, 3.8) is 0 Å². The van der Waals surface area contributed by atoms with Crippen LogP contribution in [0.2, 0.25) is 5.02 Å². The van der Waals surface area contributed by atoms with Gasteiger partial charge in [-0.2, -0.15) is 0 Å². The van der Waals surface area contributed by atoms with Crippen LogP contribution in [-0.4, -0.2) is 50.0 Å². The minimum Gasteiger partial charge on any atom is -0.352 e. The van der Waals surface area contributed by atoms with Gasteiger partial charge in [0.15, 0.2) is 0 Å². The first-order chi connectivity index (χ1) is 17.0. The number of benzene rings is 2.